The van der Waals surface area contributed by atoms with Gasteiger partial charge in [-0.2, -0.15) is 0 Å². The van der Waals surface area contributed by atoms with Crippen LogP contribution in [-0.2, 0) is 0 Å². The van der Waals surface area contributed by atoms with E-state index in [0.717, 1.165) is 21.8 Å². The normalized spacial score (nSPS) is 10.2. The van der Waals surface area contributed by atoms with Crippen LogP contribution in [0.25, 0.3) is 0 Å². The van der Waals surface area contributed by atoms with Gasteiger partial charge in [-0.25, -0.2) is 4.79 Å². The summed E-state index contributed by atoms with van der Waals surface area (Å²) in [5.74, 6) is -1.46. The van der Waals surface area contributed by atoms with E-state index < -0.39 is 5.97 Å². The summed E-state index contributed by atoms with van der Waals surface area (Å²) >= 11 is 3.47. The highest BCUT2D eigenvalue weighted by Crippen LogP contribution is 2.25. The number of nitrogens with one attached hydrogen (secondary N) is 1. The average Bonchev–Trinajstić information content (AvgIpc) is 2.44. The zero-order valence-electron chi connectivity index (χ0n) is 11.5. The van der Waals surface area contributed by atoms with Crippen molar-refractivity contribution in [2.24, 2.45) is 0 Å². The molecular formula is C15H13BrN2O3. The predicted molar refractivity (Wildman–Crippen MR) is 82.8 cm³/mol. The third-order valence-corrected chi connectivity index (χ3v) is 4.19. The Morgan fingerprint density at radius 1 is 1.19 bits per heavy atom. The Labute approximate surface area is 130 Å². The molecule has 1 amide bonds. The first kappa shape index (κ1) is 15.2. The summed E-state index contributed by atoms with van der Waals surface area (Å²) in [5.41, 5.74) is 2.90. The summed E-state index contributed by atoms with van der Waals surface area (Å²) in [6.07, 6.45) is 1.16. The number of carbonyl (C=O) groups is 2. The SMILES string of the molecule is Cc1cc(NC(=O)c2ccc(C(=O)O)cn2)cc(C)c1Br. The molecule has 21 heavy (non-hydrogen) atoms. The highest BCUT2D eigenvalue weighted by molar-refractivity contribution is 9.10. The lowest BCUT2D eigenvalue weighted by molar-refractivity contribution is 0.0696. The van der Waals surface area contributed by atoms with Crippen molar-refractivity contribution in [3.63, 3.8) is 0 Å². The number of rotatable bonds is 3. The molecule has 0 fully saturated rings. The van der Waals surface area contributed by atoms with Crippen molar-refractivity contribution in [3.05, 3.63) is 57.3 Å². The molecule has 0 atom stereocenters. The van der Waals surface area contributed by atoms with Crippen LogP contribution in [0, 0.1) is 13.8 Å². The topological polar surface area (TPSA) is 79.3 Å². The first-order valence-corrected chi connectivity index (χ1v) is 6.95. The van der Waals surface area contributed by atoms with Crippen LogP contribution in [0.5, 0.6) is 0 Å². The molecule has 0 bridgehead atoms. The lowest BCUT2D eigenvalue weighted by Crippen LogP contribution is -2.14. The Morgan fingerprint density at radius 3 is 2.29 bits per heavy atom. The van der Waals surface area contributed by atoms with Gasteiger partial charge in [0.2, 0.25) is 0 Å². The van der Waals surface area contributed by atoms with Crippen LogP contribution in [0.3, 0.4) is 0 Å². The number of pyridine rings is 1. The van der Waals surface area contributed by atoms with Gasteiger partial charge in [-0.05, 0) is 49.2 Å². The van der Waals surface area contributed by atoms with Gasteiger partial charge < -0.3 is 10.4 Å². The van der Waals surface area contributed by atoms with Gasteiger partial charge >= 0.3 is 5.97 Å². The second-order valence-electron chi connectivity index (χ2n) is 4.62. The zero-order valence-corrected chi connectivity index (χ0v) is 13.1. The first-order chi connectivity index (χ1) is 9.88. The number of hydrogen-bond donors (Lipinski definition) is 2. The van der Waals surface area contributed by atoms with Gasteiger partial charge in [-0.3, -0.25) is 9.78 Å². The fraction of sp³-hybridized carbons (Fsp3) is 0.133. The summed E-state index contributed by atoms with van der Waals surface area (Å²) in [6, 6.07) is 6.43. The number of aryl methyl sites for hydroxylation is 2. The molecule has 5 nitrogen and oxygen atoms in total. The van der Waals surface area contributed by atoms with E-state index in [2.05, 4.69) is 26.2 Å². The number of aromatic nitrogens is 1. The zero-order chi connectivity index (χ0) is 15.6. The van der Waals surface area contributed by atoms with Gasteiger partial charge in [-0.15, -0.1) is 0 Å². The van der Waals surface area contributed by atoms with Gasteiger partial charge in [0.25, 0.3) is 5.91 Å². The monoisotopic (exact) mass is 348 g/mol. The molecule has 0 saturated heterocycles. The van der Waals surface area contributed by atoms with Crippen molar-refractivity contribution in [2.75, 3.05) is 5.32 Å². The molecule has 1 aromatic carbocycles. The lowest BCUT2D eigenvalue weighted by atomic mass is 10.1. The maximum absolute atomic E-state index is 12.1. The molecule has 2 rings (SSSR count). The minimum absolute atomic E-state index is 0.0434. The van der Waals surface area contributed by atoms with Crippen molar-refractivity contribution in [1.82, 2.24) is 4.98 Å². The van der Waals surface area contributed by atoms with Crippen molar-refractivity contribution < 1.29 is 14.7 Å². The predicted octanol–water partition coefficient (Wildman–Crippen LogP) is 3.41. The number of anilines is 1. The van der Waals surface area contributed by atoms with Gasteiger partial charge in [0.05, 0.1) is 5.56 Å². The number of aromatic carboxylic acids is 1. The van der Waals surface area contributed by atoms with Crippen LogP contribution in [0.15, 0.2) is 34.9 Å². The number of hydrogen-bond acceptors (Lipinski definition) is 3. The van der Waals surface area contributed by atoms with Crippen molar-refractivity contribution >= 4 is 33.5 Å². The second-order valence-corrected chi connectivity index (χ2v) is 5.41. The average molecular weight is 349 g/mol. The standard InChI is InChI=1S/C15H13BrN2O3/c1-8-5-11(6-9(2)13(8)16)18-14(19)12-4-3-10(7-17-12)15(20)21/h3-7H,1-2H3,(H,18,19)(H,20,21). The minimum atomic E-state index is -1.08. The van der Waals surface area contributed by atoms with Crippen molar-refractivity contribution in [3.8, 4) is 0 Å². The van der Waals surface area contributed by atoms with E-state index in [9.17, 15) is 9.59 Å². The quantitative estimate of drug-likeness (QED) is 0.890. The second kappa shape index (κ2) is 6.05. The van der Waals surface area contributed by atoms with E-state index in [0.29, 0.717) is 5.69 Å². The van der Waals surface area contributed by atoms with E-state index in [1.54, 1.807) is 0 Å². The van der Waals surface area contributed by atoms with Crippen LogP contribution in [-0.4, -0.2) is 22.0 Å². The van der Waals surface area contributed by atoms with Crippen LogP contribution in [0.2, 0.25) is 0 Å². The lowest BCUT2D eigenvalue weighted by Gasteiger charge is -2.09. The number of halogens is 1. The molecule has 2 aromatic rings. The van der Waals surface area contributed by atoms with Gasteiger partial charge in [-0.1, -0.05) is 15.9 Å². The highest BCUT2D eigenvalue weighted by Gasteiger charge is 2.11. The van der Waals surface area contributed by atoms with E-state index in [-0.39, 0.29) is 17.2 Å². The molecule has 0 radical (unpaired) electrons. The summed E-state index contributed by atoms with van der Waals surface area (Å²) in [7, 11) is 0. The van der Waals surface area contributed by atoms with Crippen LogP contribution in [0.1, 0.15) is 32.0 Å². The molecule has 2 N–H and O–H groups in total. The molecule has 0 unspecified atom stereocenters. The number of nitrogens with zero attached hydrogens (tertiary/aromatic N) is 1. The van der Waals surface area contributed by atoms with E-state index in [1.807, 2.05) is 26.0 Å². The summed E-state index contributed by atoms with van der Waals surface area (Å²) in [5, 5.41) is 11.5. The van der Waals surface area contributed by atoms with E-state index in [1.165, 1.54) is 12.1 Å². The number of carbonyl (C=O) groups excluding carboxylic acids is 1. The highest BCUT2D eigenvalue weighted by atomic mass is 79.9. The van der Waals surface area contributed by atoms with Crippen LogP contribution in [0.4, 0.5) is 5.69 Å². The van der Waals surface area contributed by atoms with Crippen LogP contribution >= 0.6 is 15.9 Å². The number of carboxylic acid groups (broad SMARTS) is 1. The van der Waals surface area contributed by atoms with Gasteiger partial charge in [0.1, 0.15) is 5.69 Å². The van der Waals surface area contributed by atoms with Crippen LogP contribution < -0.4 is 5.32 Å². The van der Waals surface area contributed by atoms with Gasteiger partial charge in [0, 0.05) is 16.4 Å². The molecule has 6 heteroatoms. The van der Waals surface area contributed by atoms with Crippen molar-refractivity contribution in [1.29, 1.82) is 0 Å². The molecule has 1 heterocycles. The molecular weight excluding hydrogens is 336 g/mol. The van der Waals surface area contributed by atoms with Gasteiger partial charge in [0.15, 0.2) is 0 Å². The van der Waals surface area contributed by atoms with E-state index >= 15 is 0 Å². The molecule has 0 aliphatic carbocycles. The van der Waals surface area contributed by atoms with E-state index in [4.69, 9.17) is 5.11 Å². The summed E-state index contributed by atoms with van der Waals surface area (Å²) in [6.45, 7) is 3.87. The largest absolute Gasteiger partial charge is 0.478 e. The Kier molecular flexibility index (Phi) is 4.37. The number of carboxylic acids is 1. The number of amides is 1. The Balaban J connectivity index is 2.20. The Bertz CT molecular complexity index is 688. The molecule has 0 aliphatic rings. The molecule has 108 valence electrons. The molecule has 1 aromatic heterocycles. The summed E-state index contributed by atoms with van der Waals surface area (Å²) < 4.78 is 1.00. The number of benzene rings is 1. The molecule has 0 saturated carbocycles. The molecule has 0 aliphatic heterocycles. The maximum atomic E-state index is 12.1. The Hall–Kier alpha value is -2.21. The first-order valence-electron chi connectivity index (χ1n) is 6.16. The third-order valence-electron chi connectivity index (χ3n) is 2.94. The smallest absolute Gasteiger partial charge is 0.337 e. The third kappa shape index (κ3) is 3.46. The minimum Gasteiger partial charge on any atom is -0.478 e. The summed E-state index contributed by atoms with van der Waals surface area (Å²) in [4.78, 5) is 26.7. The maximum Gasteiger partial charge on any atom is 0.337 e. The fourth-order valence-electron chi connectivity index (χ4n) is 1.87. The fourth-order valence-corrected chi connectivity index (χ4v) is 2.10. The Morgan fingerprint density at radius 2 is 1.81 bits per heavy atom. The van der Waals surface area contributed by atoms with Crippen molar-refractivity contribution in [2.45, 2.75) is 13.8 Å². The molecule has 0 spiro atoms.